The molecule has 0 aromatic carbocycles. The summed E-state index contributed by atoms with van der Waals surface area (Å²) in [6, 6.07) is 0. The Bertz CT molecular complexity index is 135. The van der Waals surface area contributed by atoms with Gasteiger partial charge in [0.1, 0.15) is 0 Å². The molecule has 0 radical (unpaired) electrons. The summed E-state index contributed by atoms with van der Waals surface area (Å²) in [4.78, 5) is 10.7. The fourth-order valence-electron chi connectivity index (χ4n) is 0.809. The van der Waals surface area contributed by atoms with Crippen LogP contribution >= 0.6 is 0 Å². The maximum atomic E-state index is 10.7. The van der Waals surface area contributed by atoms with E-state index in [0.29, 0.717) is 13.0 Å². The van der Waals surface area contributed by atoms with Gasteiger partial charge in [-0.1, -0.05) is 13.8 Å². The molecule has 1 heterocycles. The van der Waals surface area contributed by atoms with E-state index in [4.69, 9.17) is 9.31 Å². The van der Waals surface area contributed by atoms with Gasteiger partial charge in [0.15, 0.2) is 0 Å². The maximum Gasteiger partial charge on any atom is 0.529 e. The Labute approximate surface area is 60.8 Å². The van der Waals surface area contributed by atoms with Gasteiger partial charge in [0, 0.05) is 12.4 Å². The van der Waals surface area contributed by atoms with Crippen LogP contribution in [0.4, 0.5) is 0 Å². The monoisotopic (exact) mass is 142 g/mol. The molecule has 0 amide bonds. The average molecular weight is 142 g/mol. The topological polar surface area (TPSA) is 35.5 Å². The molecule has 1 aliphatic rings. The lowest BCUT2D eigenvalue weighted by molar-refractivity contribution is -0.139. The van der Waals surface area contributed by atoms with Crippen molar-refractivity contribution in [3.8, 4) is 0 Å². The Hall–Kier alpha value is -0.505. The summed E-state index contributed by atoms with van der Waals surface area (Å²) in [5.41, 5.74) is 0. The Morgan fingerprint density at radius 2 is 2.30 bits per heavy atom. The van der Waals surface area contributed by atoms with Crippen molar-refractivity contribution in [1.29, 1.82) is 0 Å². The molecule has 1 rings (SSSR count). The molecule has 1 aliphatic heterocycles. The van der Waals surface area contributed by atoms with Crippen molar-refractivity contribution in [1.82, 2.24) is 0 Å². The van der Waals surface area contributed by atoms with Crippen molar-refractivity contribution < 1.29 is 14.1 Å². The molecule has 0 bridgehead atoms. The third kappa shape index (κ3) is 1.74. The van der Waals surface area contributed by atoms with E-state index in [1.54, 1.807) is 0 Å². The van der Waals surface area contributed by atoms with E-state index in [0.717, 1.165) is 0 Å². The van der Waals surface area contributed by atoms with Crippen LogP contribution in [0.25, 0.3) is 0 Å². The number of hydrogen-bond acceptors (Lipinski definition) is 3. The van der Waals surface area contributed by atoms with E-state index >= 15 is 0 Å². The number of carbonyl (C=O) groups is 1. The molecule has 0 saturated carbocycles. The van der Waals surface area contributed by atoms with E-state index in [2.05, 4.69) is 0 Å². The van der Waals surface area contributed by atoms with Gasteiger partial charge >= 0.3 is 7.12 Å². The van der Waals surface area contributed by atoms with Crippen molar-refractivity contribution in [3.05, 3.63) is 0 Å². The summed E-state index contributed by atoms with van der Waals surface area (Å²) in [5.74, 6) is 0.106. The Morgan fingerprint density at radius 1 is 1.60 bits per heavy atom. The van der Waals surface area contributed by atoms with Crippen LogP contribution in [0.3, 0.4) is 0 Å². The van der Waals surface area contributed by atoms with Crippen LogP contribution in [0.15, 0.2) is 0 Å². The zero-order valence-corrected chi connectivity index (χ0v) is 6.29. The summed E-state index contributed by atoms with van der Waals surface area (Å²) >= 11 is 0. The summed E-state index contributed by atoms with van der Waals surface area (Å²) in [7, 11) is -0.318. The zero-order chi connectivity index (χ0) is 7.56. The Morgan fingerprint density at radius 3 is 2.70 bits per heavy atom. The fourth-order valence-corrected chi connectivity index (χ4v) is 0.809. The van der Waals surface area contributed by atoms with Gasteiger partial charge in [0.25, 0.3) is 5.97 Å². The molecule has 3 nitrogen and oxygen atoms in total. The highest BCUT2D eigenvalue weighted by Gasteiger charge is 2.30. The maximum absolute atomic E-state index is 10.7. The molecule has 10 heavy (non-hydrogen) atoms. The Kier molecular flexibility index (Phi) is 2.32. The zero-order valence-electron chi connectivity index (χ0n) is 6.29. The van der Waals surface area contributed by atoms with Gasteiger partial charge in [-0.15, -0.1) is 0 Å². The fraction of sp³-hybridized carbons (Fsp3) is 0.833. The minimum atomic E-state index is -0.318. The van der Waals surface area contributed by atoms with Gasteiger partial charge in [-0.25, -0.2) is 0 Å². The molecular weight excluding hydrogens is 131 g/mol. The molecule has 0 aliphatic carbocycles. The highest BCUT2D eigenvalue weighted by Crippen LogP contribution is 2.14. The predicted molar refractivity (Wildman–Crippen MR) is 37.5 cm³/mol. The third-order valence-corrected chi connectivity index (χ3v) is 1.38. The van der Waals surface area contributed by atoms with Crippen LogP contribution in [0.1, 0.15) is 20.3 Å². The van der Waals surface area contributed by atoms with Crippen LogP contribution in [0, 0.1) is 0 Å². The molecule has 0 aromatic heterocycles. The van der Waals surface area contributed by atoms with Crippen LogP contribution < -0.4 is 0 Å². The molecule has 0 N–H and O–H groups in total. The lowest BCUT2D eigenvalue weighted by Crippen LogP contribution is -2.35. The quantitative estimate of drug-likeness (QED) is 0.509. The summed E-state index contributed by atoms with van der Waals surface area (Å²) in [5, 5.41) is 0. The summed E-state index contributed by atoms with van der Waals surface area (Å²) in [6.45, 7) is 4.42. The second-order valence-electron chi connectivity index (χ2n) is 2.72. The third-order valence-electron chi connectivity index (χ3n) is 1.38. The molecule has 0 atom stereocenters. The van der Waals surface area contributed by atoms with E-state index in [9.17, 15) is 4.79 Å². The van der Waals surface area contributed by atoms with Gasteiger partial charge in [0.05, 0.1) is 6.42 Å². The van der Waals surface area contributed by atoms with Crippen LogP contribution in [-0.4, -0.2) is 19.7 Å². The molecule has 0 unspecified atom stereocenters. The first kappa shape index (κ1) is 7.60. The lowest BCUT2D eigenvalue weighted by Gasteiger charge is -2.21. The second-order valence-corrected chi connectivity index (χ2v) is 2.72. The standard InChI is InChI=1S/C6H11BO3/c1-5(2)7-9-4-3-6(8)10-7/h5H,3-4H2,1-2H3. The van der Waals surface area contributed by atoms with Crippen molar-refractivity contribution in [2.24, 2.45) is 0 Å². The van der Waals surface area contributed by atoms with Gasteiger partial charge in [0.2, 0.25) is 0 Å². The average Bonchev–Trinajstić information content (AvgIpc) is 1.88. The molecule has 0 aromatic rings. The van der Waals surface area contributed by atoms with Crippen molar-refractivity contribution in [2.75, 3.05) is 6.61 Å². The molecule has 4 heteroatoms. The minimum Gasteiger partial charge on any atom is -0.509 e. The van der Waals surface area contributed by atoms with Crippen LogP contribution in [0.2, 0.25) is 5.82 Å². The minimum absolute atomic E-state index is 0.148. The van der Waals surface area contributed by atoms with Crippen LogP contribution in [0.5, 0.6) is 0 Å². The second kappa shape index (κ2) is 3.06. The first-order chi connectivity index (χ1) is 4.70. The molecule has 1 saturated heterocycles. The highest BCUT2D eigenvalue weighted by molar-refractivity contribution is 6.48. The highest BCUT2D eigenvalue weighted by atomic mass is 16.6. The number of carbonyl (C=O) groups excluding carboxylic acids is 1. The number of hydrogen-bond donors (Lipinski definition) is 0. The first-order valence-corrected chi connectivity index (χ1v) is 3.51. The molecule has 1 fully saturated rings. The summed E-state index contributed by atoms with van der Waals surface area (Å²) in [6.07, 6.45) is 0.392. The van der Waals surface area contributed by atoms with E-state index in [1.165, 1.54) is 0 Å². The van der Waals surface area contributed by atoms with E-state index < -0.39 is 0 Å². The SMILES string of the molecule is CC(C)B1OCCC(=O)O1. The van der Waals surface area contributed by atoms with Crippen molar-refractivity contribution >= 4 is 13.1 Å². The molecular formula is C6H11BO3. The largest absolute Gasteiger partial charge is 0.529 e. The van der Waals surface area contributed by atoms with Gasteiger partial charge in [-0.05, 0) is 0 Å². The predicted octanol–water partition coefficient (Wildman–Crippen LogP) is 0.848. The van der Waals surface area contributed by atoms with Gasteiger partial charge < -0.3 is 9.31 Å². The van der Waals surface area contributed by atoms with Gasteiger partial charge in [-0.2, -0.15) is 0 Å². The Balaban J connectivity index is 2.39. The van der Waals surface area contributed by atoms with E-state index in [-0.39, 0.29) is 18.9 Å². The van der Waals surface area contributed by atoms with Gasteiger partial charge in [-0.3, -0.25) is 4.79 Å². The van der Waals surface area contributed by atoms with Crippen molar-refractivity contribution in [2.45, 2.75) is 26.1 Å². The van der Waals surface area contributed by atoms with Crippen molar-refractivity contribution in [3.63, 3.8) is 0 Å². The van der Waals surface area contributed by atoms with E-state index in [1.807, 2.05) is 13.8 Å². The summed E-state index contributed by atoms with van der Waals surface area (Å²) < 4.78 is 10.1. The molecule has 0 spiro atoms. The van der Waals surface area contributed by atoms with Crippen LogP contribution in [-0.2, 0) is 14.1 Å². The lowest BCUT2D eigenvalue weighted by atomic mass is 9.74. The normalized spacial score (nSPS) is 19.5. The number of rotatable bonds is 1. The molecule has 56 valence electrons. The first-order valence-electron chi connectivity index (χ1n) is 3.51. The smallest absolute Gasteiger partial charge is 0.509 e.